The van der Waals surface area contributed by atoms with Gasteiger partial charge in [-0.15, -0.1) is 5.10 Å². The van der Waals surface area contributed by atoms with Crippen LogP contribution in [0.4, 0.5) is 0 Å². The quantitative estimate of drug-likeness (QED) is 0.671. The average molecular weight is 276 g/mol. The third-order valence-electron chi connectivity index (χ3n) is 2.32. The van der Waals surface area contributed by atoms with Crippen LogP contribution >= 0.6 is 0 Å². The van der Waals surface area contributed by atoms with Crippen LogP contribution in [0.5, 0.6) is 5.75 Å². The van der Waals surface area contributed by atoms with Gasteiger partial charge in [0.2, 0.25) is 0 Å². The van der Waals surface area contributed by atoms with Crippen LogP contribution in [0.15, 0.2) is 24.3 Å². The lowest BCUT2D eigenvalue weighted by Crippen LogP contribution is -2.03. The Labute approximate surface area is 111 Å². The molecule has 2 aromatic rings. The van der Waals surface area contributed by atoms with E-state index in [1.54, 1.807) is 0 Å². The number of aromatic carboxylic acids is 1. The summed E-state index contributed by atoms with van der Waals surface area (Å²) >= 11 is 0. The Kier molecular flexibility index (Phi) is 3.42. The van der Waals surface area contributed by atoms with Crippen LogP contribution < -0.4 is 0 Å². The molecular weight excluding hydrogens is 268 g/mol. The average Bonchev–Trinajstić information content (AvgIpc) is 2.85. The van der Waals surface area contributed by atoms with Gasteiger partial charge in [-0.25, -0.2) is 9.59 Å². The van der Waals surface area contributed by atoms with Gasteiger partial charge in [0, 0.05) is 6.08 Å². The maximum Gasteiger partial charge on any atom is 0.339 e. The normalized spacial score (nSPS) is 10.8. The first-order chi connectivity index (χ1) is 9.49. The number of aromatic hydroxyl groups is 1. The number of benzene rings is 1. The Balaban J connectivity index is 2.47. The summed E-state index contributed by atoms with van der Waals surface area (Å²) in [5.74, 6) is -2.76. The summed E-state index contributed by atoms with van der Waals surface area (Å²) in [6.45, 7) is 0. The predicted octanol–water partition coefficient (Wildman–Crippen LogP) is 0.164. The first-order valence-electron chi connectivity index (χ1n) is 5.25. The molecule has 1 aromatic heterocycles. The number of rotatable bonds is 4. The van der Waals surface area contributed by atoms with E-state index in [4.69, 9.17) is 10.2 Å². The first-order valence-corrected chi connectivity index (χ1v) is 5.25. The van der Waals surface area contributed by atoms with E-state index in [0.717, 1.165) is 16.8 Å². The molecule has 9 heteroatoms. The number of carbonyl (C=O) groups is 2. The molecule has 0 atom stereocenters. The summed E-state index contributed by atoms with van der Waals surface area (Å²) < 4.78 is 1.14. The second-order valence-corrected chi connectivity index (χ2v) is 3.63. The number of carboxylic acids is 2. The highest BCUT2D eigenvalue weighted by Crippen LogP contribution is 2.21. The summed E-state index contributed by atoms with van der Waals surface area (Å²) in [6, 6.07) is 3.76. The Bertz CT molecular complexity index is 707. The van der Waals surface area contributed by atoms with Gasteiger partial charge in [-0.05, 0) is 34.7 Å². The van der Waals surface area contributed by atoms with E-state index in [0.29, 0.717) is 0 Å². The van der Waals surface area contributed by atoms with Gasteiger partial charge in [0.25, 0.3) is 0 Å². The Morgan fingerprint density at radius 2 is 2.00 bits per heavy atom. The summed E-state index contributed by atoms with van der Waals surface area (Å²) in [4.78, 5) is 21.4. The number of aliphatic carboxylic acids is 1. The van der Waals surface area contributed by atoms with Gasteiger partial charge in [-0.2, -0.15) is 4.68 Å². The van der Waals surface area contributed by atoms with Crippen molar-refractivity contribution in [3.63, 3.8) is 0 Å². The topological polar surface area (TPSA) is 138 Å². The van der Waals surface area contributed by atoms with Gasteiger partial charge in [0.1, 0.15) is 11.3 Å². The zero-order chi connectivity index (χ0) is 14.7. The van der Waals surface area contributed by atoms with E-state index in [2.05, 4.69) is 15.5 Å². The number of aromatic nitrogens is 4. The molecule has 3 N–H and O–H groups in total. The minimum Gasteiger partial charge on any atom is -0.507 e. The van der Waals surface area contributed by atoms with Crippen molar-refractivity contribution >= 4 is 18.0 Å². The van der Waals surface area contributed by atoms with Crippen molar-refractivity contribution in [1.82, 2.24) is 20.2 Å². The van der Waals surface area contributed by atoms with Crippen LogP contribution in [0.3, 0.4) is 0 Å². The molecule has 0 spiro atoms. The van der Waals surface area contributed by atoms with E-state index >= 15 is 0 Å². The second kappa shape index (κ2) is 5.18. The maximum absolute atomic E-state index is 10.9. The lowest BCUT2D eigenvalue weighted by molar-refractivity contribution is -0.131. The van der Waals surface area contributed by atoms with Crippen LogP contribution in [0.1, 0.15) is 16.2 Å². The fraction of sp³-hybridized carbons (Fsp3) is 0. The summed E-state index contributed by atoms with van der Waals surface area (Å²) in [5, 5.41) is 37.5. The largest absolute Gasteiger partial charge is 0.507 e. The maximum atomic E-state index is 10.9. The Morgan fingerprint density at radius 3 is 2.65 bits per heavy atom. The van der Waals surface area contributed by atoms with Crippen molar-refractivity contribution in [2.24, 2.45) is 0 Å². The molecule has 0 saturated carbocycles. The van der Waals surface area contributed by atoms with Crippen molar-refractivity contribution in [3.05, 3.63) is 35.7 Å². The van der Waals surface area contributed by atoms with Crippen LogP contribution in [-0.4, -0.2) is 47.5 Å². The number of hydrogen-bond donors (Lipinski definition) is 3. The van der Waals surface area contributed by atoms with Gasteiger partial charge >= 0.3 is 11.9 Å². The monoisotopic (exact) mass is 276 g/mol. The minimum absolute atomic E-state index is 0.106. The van der Waals surface area contributed by atoms with Gasteiger partial charge in [-0.3, -0.25) is 0 Å². The van der Waals surface area contributed by atoms with Crippen molar-refractivity contribution in [1.29, 1.82) is 0 Å². The highest BCUT2D eigenvalue weighted by atomic mass is 16.4. The zero-order valence-electron chi connectivity index (χ0n) is 9.83. The molecule has 0 aliphatic heterocycles. The van der Waals surface area contributed by atoms with E-state index < -0.39 is 17.7 Å². The second-order valence-electron chi connectivity index (χ2n) is 3.63. The zero-order valence-corrected chi connectivity index (χ0v) is 9.83. The predicted molar refractivity (Wildman–Crippen MR) is 64.4 cm³/mol. The van der Waals surface area contributed by atoms with Gasteiger partial charge in [-0.1, -0.05) is 0 Å². The number of nitrogens with zero attached hydrogens (tertiary/aromatic N) is 4. The van der Waals surface area contributed by atoms with Crippen molar-refractivity contribution < 1.29 is 24.9 Å². The van der Waals surface area contributed by atoms with Crippen LogP contribution in [0.2, 0.25) is 0 Å². The van der Waals surface area contributed by atoms with Gasteiger partial charge in [0.15, 0.2) is 5.82 Å². The number of tetrazole rings is 1. The number of carboxylic acid groups (broad SMARTS) is 2. The van der Waals surface area contributed by atoms with Crippen LogP contribution in [0, 0.1) is 0 Å². The smallest absolute Gasteiger partial charge is 0.339 e. The van der Waals surface area contributed by atoms with Crippen molar-refractivity contribution in [2.45, 2.75) is 0 Å². The summed E-state index contributed by atoms with van der Waals surface area (Å²) in [5.41, 5.74) is -0.0404. The van der Waals surface area contributed by atoms with E-state index in [1.165, 1.54) is 18.2 Å². The molecule has 0 bridgehead atoms. The summed E-state index contributed by atoms with van der Waals surface area (Å²) in [6.07, 6.45) is 2.01. The van der Waals surface area contributed by atoms with E-state index in [-0.39, 0.29) is 17.1 Å². The molecule has 0 radical (unpaired) electrons. The van der Waals surface area contributed by atoms with Crippen molar-refractivity contribution in [3.8, 4) is 11.4 Å². The molecule has 0 aliphatic carbocycles. The fourth-order valence-electron chi connectivity index (χ4n) is 1.45. The molecule has 1 heterocycles. The lowest BCUT2D eigenvalue weighted by Gasteiger charge is -2.04. The number of hydrogen-bond acceptors (Lipinski definition) is 6. The Morgan fingerprint density at radius 1 is 1.25 bits per heavy atom. The third-order valence-corrected chi connectivity index (χ3v) is 2.32. The highest BCUT2D eigenvalue weighted by Gasteiger charge is 2.13. The van der Waals surface area contributed by atoms with Crippen LogP contribution in [0.25, 0.3) is 11.8 Å². The molecule has 102 valence electrons. The molecule has 0 amide bonds. The Hall–Kier alpha value is -3.23. The van der Waals surface area contributed by atoms with Gasteiger partial charge < -0.3 is 15.3 Å². The molecule has 0 aliphatic rings. The molecule has 2 rings (SSSR count). The molecule has 0 unspecified atom stereocenters. The molecule has 0 saturated heterocycles. The standard InChI is InChI=1S/C11H8N4O5/c16-8-2-1-6(5-7(8)11(19)20)15-9(12-13-14-15)3-4-10(17)18/h1-5,16H,(H,17,18)(H,19,20)/b4-3+. The summed E-state index contributed by atoms with van der Waals surface area (Å²) in [7, 11) is 0. The van der Waals surface area contributed by atoms with Gasteiger partial charge in [0.05, 0.1) is 5.69 Å². The van der Waals surface area contributed by atoms with Crippen molar-refractivity contribution in [2.75, 3.05) is 0 Å². The molecule has 0 fully saturated rings. The highest BCUT2D eigenvalue weighted by molar-refractivity contribution is 5.91. The molecule has 9 nitrogen and oxygen atoms in total. The van der Waals surface area contributed by atoms with E-state index in [9.17, 15) is 14.7 Å². The van der Waals surface area contributed by atoms with E-state index in [1.807, 2.05) is 0 Å². The molecule has 1 aromatic carbocycles. The molecular formula is C11H8N4O5. The first kappa shape index (κ1) is 13.2. The van der Waals surface area contributed by atoms with Crippen LogP contribution in [-0.2, 0) is 4.79 Å². The SMILES string of the molecule is O=C(O)/C=C/c1nnnn1-c1ccc(O)c(C(=O)O)c1. The number of phenols is 1. The minimum atomic E-state index is -1.31. The molecule has 20 heavy (non-hydrogen) atoms. The fourth-order valence-corrected chi connectivity index (χ4v) is 1.45. The third kappa shape index (κ3) is 2.61. The lowest BCUT2D eigenvalue weighted by atomic mass is 10.2.